The molecular weight excluding hydrogens is 202 g/mol. The van der Waals surface area contributed by atoms with Gasteiger partial charge < -0.3 is 9.90 Å². The average molecular weight is 208 g/mol. The molecule has 0 spiro atoms. The SMILES string of the molecule is O=C([O-])Cn1c(=O)sc2ccccc21. The van der Waals surface area contributed by atoms with Gasteiger partial charge in [0.15, 0.2) is 0 Å². The summed E-state index contributed by atoms with van der Waals surface area (Å²) in [7, 11) is 0. The fraction of sp³-hybridized carbons (Fsp3) is 0.111. The first kappa shape index (κ1) is 8.96. The summed E-state index contributed by atoms with van der Waals surface area (Å²) >= 11 is 1.04. The Kier molecular flexibility index (Phi) is 2.09. The van der Waals surface area contributed by atoms with E-state index in [1.54, 1.807) is 18.2 Å². The highest BCUT2D eigenvalue weighted by atomic mass is 32.1. The Bertz CT molecular complexity index is 540. The zero-order valence-electron chi connectivity index (χ0n) is 7.10. The van der Waals surface area contributed by atoms with Crippen LogP contribution in [-0.2, 0) is 11.3 Å². The van der Waals surface area contributed by atoms with E-state index in [1.165, 1.54) is 4.57 Å². The second-order valence-electron chi connectivity index (χ2n) is 2.79. The topological polar surface area (TPSA) is 62.1 Å². The van der Waals surface area contributed by atoms with Crippen molar-refractivity contribution in [2.24, 2.45) is 0 Å². The molecule has 1 aromatic heterocycles. The lowest BCUT2D eigenvalue weighted by Gasteiger charge is -2.03. The molecule has 1 heterocycles. The number of aromatic nitrogens is 1. The number of carboxylic acid groups (broad SMARTS) is 1. The van der Waals surface area contributed by atoms with E-state index in [1.807, 2.05) is 6.07 Å². The lowest BCUT2D eigenvalue weighted by Crippen LogP contribution is -2.30. The Morgan fingerprint density at radius 3 is 2.86 bits per heavy atom. The number of aliphatic carboxylic acids is 1. The van der Waals surface area contributed by atoms with E-state index in [2.05, 4.69) is 0 Å². The van der Waals surface area contributed by atoms with E-state index in [4.69, 9.17) is 0 Å². The molecule has 4 nitrogen and oxygen atoms in total. The Morgan fingerprint density at radius 1 is 1.43 bits per heavy atom. The molecule has 0 atom stereocenters. The number of hydrogen-bond acceptors (Lipinski definition) is 4. The van der Waals surface area contributed by atoms with Gasteiger partial charge >= 0.3 is 4.87 Å². The summed E-state index contributed by atoms with van der Waals surface area (Å²) < 4.78 is 1.99. The number of benzene rings is 1. The van der Waals surface area contributed by atoms with Crippen LogP contribution in [0.4, 0.5) is 0 Å². The molecule has 2 rings (SSSR count). The van der Waals surface area contributed by atoms with E-state index < -0.39 is 5.97 Å². The van der Waals surface area contributed by atoms with Crippen molar-refractivity contribution in [3.63, 3.8) is 0 Å². The van der Waals surface area contributed by atoms with Gasteiger partial charge in [0.05, 0.1) is 22.7 Å². The molecule has 0 aliphatic heterocycles. The number of thiazole rings is 1. The van der Waals surface area contributed by atoms with E-state index in [0.717, 1.165) is 16.0 Å². The number of fused-ring (bicyclic) bond motifs is 1. The van der Waals surface area contributed by atoms with Crippen LogP contribution in [0.2, 0.25) is 0 Å². The van der Waals surface area contributed by atoms with Crippen molar-refractivity contribution in [3.8, 4) is 0 Å². The van der Waals surface area contributed by atoms with E-state index in [0.29, 0.717) is 5.52 Å². The first-order valence-corrected chi connectivity index (χ1v) is 4.78. The monoisotopic (exact) mass is 208 g/mol. The van der Waals surface area contributed by atoms with Crippen LogP contribution in [-0.4, -0.2) is 10.5 Å². The van der Waals surface area contributed by atoms with Gasteiger partial charge in [0.25, 0.3) is 0 Å². The van der Waals surface area contributed by atoms with Crippen molar-refractivity contribution >= 4 is 27.5 Å². The molecule has 1 aromatic carbocycles. The number of carbonyl (C=O) groups excluding carboxylic acids is 1. The Labute approximate surface area is 83.0 Å². The standard InChI is InChI=1S/C9H7NO3S/c11-8(12)5-10-6-3-1-2-4-7(6)14-9(10)13/h1-4H,5H2,(H,11,12)/p-1. The molecule has 14 heavy (non-hydrogen) atoms. The Morgan fingerprint density at radius 2 is 2.14 bits per heavy atom. The third-order valence-electron chi connectivity index (χ3n) is 1.86. The summed E-state index contributed by atoms with van der Waals surface area (Å²) in [5.41, 5.74) is 0.645. The summed E-state index contributed by atoms with van der Waals surface area (Å²) in [5, 5.41) is 10.4. The van der Waals surface area contributed by atoms with E-state index in [-0.39, 0.29) is 11.4 Å². The van der Waals surface area contributed by atoms with Gasteiger partial charge in [0, 0.05) is 0 Å². The fourth-order valence-electron chi connectivity index (χ4n) is 1.29. The van der Waals surface area contributed by atoms with E-state index in [9.17, 15) is 14.7 Å². The summed E-state index contributed by atoms with van der Waals surface area (Å²) in [6, 6.07) is 7.07. The van der Waals surface area contributed by atoms with Crippen LogP contribution in [0.5, 0.6) is 0 Å². The second-order valence-corrected chi connectivity index (χ2v) is 3.79. The number of carboxylic acids is 1. The predicted octanol–water partition coefficient (Wildman–Crippen LogP) is -0.187. The molecule has 0 bridgehead atoms. The highest BCUT2D eigenvalue weighted by Crippen LogP contribution is 2.15. The van der Waals surface area contributed by atoms with Crippen LogP contribution in [0, 0.1) is 0 Å². The van der Waals surface area contributed by atoms with Gasteiger partial charge in [-0.15, -0.1) is 0 Å². The summed E-state index contributed by atoms with van der Waals surface area (Å²) in [6.07, 6.45) is 0. The Hall–Kier alpha value is -1.62. The molecule has 72 valence electrons. The van der Waals surface area contributed by atoms with Crippen molar-refractivity contribution in [2.45, 2.75) is 6.54 Å². The van der Waals surface area contributed by atoms with Gasteiger partial charge in [0.2, 0.25) is 0 Å². The summed E-state index contributed by atoms with van der Waals surface area (Å²) in [4.78, 5) is 21.5. The van der Waals surface area contributed by atoms with Crippen molar-refractivity contribution in [1.29, 1.82) is 0 Å². The number of nitrogens with zero attached hydrogens (tertiary/aromatic N) is 1. The number of carbonyl (C=O) groups is 1. The normalized spacial score (nSPS) is 10.6. The maximum atomic E-state index is 11.4. The molecular formula is C9H6NO3S-. The molecule has 0 saturated heterocycles. The smallest absolute Gasteiger partial charge is 0.308 e. The number of rotatable bonds is 2. The number of para-hydroxylation sites is 1. The van der Waals surface area contributed by atoms with Crippen molar-refractivity contribution in [3.05, 3.63) is 33.9 Å². The largest absolute Gasteiger partial charge is 0.548 e. The van der Waals surface area contributed by atoms with Crippen LogP contribution in [0.1, 0.15) is 0 Å². The predicted molar refractivity (Wildman–Crippen MR) is 51.1 cm³/mol. The molecule has 5 heteroatoms. The molecule has 0 unspecified atom stereocenters. The minimum absolute atomic E-state index is 0.268. The third kappa shape index (κ3) is 1.42. The maximum Gasteiger partial charge on any atom is 0.308 e. The van der Waals surface area contributed by atoms with Crippen LogP contribution < -0.4 is 9.98 Å². The number of hydrogen-bond donors (Lipinski definition) is 0. The first-order chi connectivity index (χ1) is 6.68. The van der Waals surface area contributed by atoms with Crippen molar-refractivity contribution in [1.82, 2.24) is 4.57 Å². The van der Waals surface area contributed by atoms with E-state index >= 15 is 0 Å². The molecule has 0 radical (unpaired) electrons. The molecule has 0 saturated carbocycles. The zero-order valence-corrected chi connectivity index (χ0v) is 7.91. The van der Waals surface area contributed by atoms with Gasteiger partial charge in [0.1, 0.15) is 0 Å². The molecule has 0 aliphatic rings. The van der Waals surface area contributed by atoms with Gasteiger partial charge in [-0.3, -0.25) is 9.36 Å². The highest BCUT2D eigenvalue weighted by Gasteiger charge is 2.05. The maximum absolute atomic E-state index is 11.4. The minimum Gasteiger partial charge on any atom is -0.548 e. The Balaban J connectivity index is 2.68. The van der Waals surface area contributed by atoms with Crippen LogP contribution in [0.15, 0.2) is 29.1 Å². The molecule has 0 aliphatic carbocycles. The quantitative estimate of drug-likeness (QED) is 0.687. The molecule has 0 amide bonds. The molecule has 2 aromatic rings. The van der Waals surface area contributed by atoms with Gasteiger partial charge in [-0.25, -0.2) is 0 Å². The van der Waals surface area contributed by atoms with Gasteiger partial charge in [-0.05, 0) is 12.1 Å². The van der Waals surface area contributed by atoms with Gasteiger partial charge in [-0.1, -0.05) is 23.5 Å². The lowest BCUT2D eigenvalue weighted by atomic mass is 10.3. The first-order valence-electron chi connectivity index (χ1n) is 3.96. The average Bonchev–Trinajstić information content (AvgIpc) is 2.43. The van der Waals surface area contributed by atoms with Crippen LogP contribution in [0.25, 0.3) is 10.2 Å². The molecule has 0 N–H and O–H groups in total. The lowest BCUT2D eigenvalue weighted by molar-refractivity contribution is -0.306. The summed E-state index contributed by atoms with van der Waals surface area (Å²) in [5.74, 6) is -1.25. The van der Waals surface area contributed by atoms with Crippen molar-refractivity contribution < 1.29 is 9.90 Å². The fourth-order valence-corrected chi connectivity index (χ4v) is 2.18. The molecule has 0 fully saturated rings. The second kappa shape index (κ2) is 3.26. The van der Waals surface area contributed by atoms with Crippen LogP contribution >= 0.6 is 11.3 Å². The zero-order chi connectivity index (χ0) is 10.1. The highest BCUT2D eigenvalue weighted by molar-refractivity contribution is 7.16. The van der Waals surface area contributed by atoms with Gasteiger partial charge in [-0.2, -0.15) is 0 Å². The third-order valence-corrected chi connectivity index (χ3v) is 2.82. The van der Waals surface area contributed by atoms with Crippen LogP contribution in [0.3, 0.4) is 0 Å². The van der Waals surface area contributed by atoms with Crippen molar-refractivity contribution in [2.75, 3.05) is 0 Å². The summed E-state index contributed by atoms with van der Waals surface area (Å²) in [6.45, 7) is -0.386. The minimum atomic E-state index is -1.25.